The molecule has 15 heavy (non-hydrogen) atoms. The van der Waals surface area contributed by atoms with Crippen molar-refractivity contribution in [3.63, 3.8) is 0 Å². The summed E-state index contributed by atoms with van der Waals surface area (Å²) in [4.78, 5) is 22.7. The Morgan fingerprint density at radius 1 is 1.53 bits per heavy atom. The maximum atomic E-state index is 10.5. The Labute approximate surface area is 85.6 Å². The zero-order chi connectivity index (χ0) is 10.8. The number of hydrogen-bond donors (Lipinski definition) is 1. The summed E-state index contributed by atoms with van der Waals surface area (Å²) in [6.45, 7) is 2.72. The monoisotopic (exact) mass is 206 g/mol. The Balaban J connectivity index is 2.47. The molecule has 0 fully saturated rings. The minimum absolute atomic E-state index is 0.162. The van der Waals surface area contributed by atoms with E-state index >= 15 is 0 Å². The number of nitrogens with zero attached hydrogens (tertiary/aromatic N) is 4. The van der Waals surface area contributed by atoms with Gasteiger partial charge in [-0.15, -0.1) is 0 Å². The summed E-state index contributed by atoms with van der Waals surface area (Å²) < 4.78 is 1.85. The number of hydrogen-bond acceptors (Lipinski definition) is 4. The first-order valence-corrected chi connectivity index (χ1v) is 4.59. The Hall–Kier alpha value is -1.98. The molecule has 0 aliphatic heterocycles. The highest BCUT2D eigenvalue weighted by Crippen LogP contribution is 2.08. The maximum Gasteiger partial charge on any atom is 0.311 e. The summed E-state index contributed by atoms with van der Waals surface area (Å²) >= 11 is 0. The second-order valence-electron chi connectivity index (χ2n) is 3.10. The Morgan fingerprint density at radius 2 is 2.33 bits per heavy atom. The van der Waals surface area contributed by atoms with Crippen molar-refractivity contribution < 1.29 is 9.90 Å². The number of imidazole rings is 1. The lowest BCUT2D eigenvalue weighted by atomic mass is 10.4. The van der Waals surface area contributed by atoms with Crippen LogP contribution in [0.15, 0.2) is 12.5 Å². The van der Waals surface area contributed by atoms with Crippen LogP contribution in [0, 0.1) is 0 Å². The summed E-state index contributed by atoms with van der Waals surface area (Å²) in [6.07, 6.45) is 3.06. The van der Waals surface area contributed by atoms with Crippen LogP contribution in [0.4, 0.5) is 0 Å². The molecule has 0 amide bonds. The topological polar surface area (TPSA) is 80.9 Å². The van der Waals surface area contributed by atoms with Gasteiger partial charge in [-0.25, -0.2) is 15.0 Å². The molecule has 6 nitrogen and oxygen atoms in total. The Bertz CT molecular complexity index is 506. The SMILES string of the molecule is CCn1cnc2cnc(CC(=O)O)nc21. The smallest absolute Gasteiger partial charge is 0.311 e. The molecule has 0 saturated heterocycles. The fourth-order valence-electron chi connectivity index (χ4n) is 1.34. The number of rotatable bonds is 3. The van der Waals surface area contributed by atoms with E-state index in [1.165, 1.54) is 0 Å². The molecule has 1 N–H and O–H groups in total. The first kappa shape index (κ1) is 9.57. The van der Waals surface area contributed by atoms with E-state index in [1.807, 2.05) is 11.5 Å². The average molecular weight is 206 g/mol. The van der Waals surface area contributed by atoms with Gasteiger partial charge in [0.15, 0.2) is 5.65 Å². The first-order valence-electron chi connectivity index (χ1n) is 4.59. The standard InChI is InChI=1S/C9H10N4O2/c1-2-13-5-11-6-4-10-7(3-8(14)15)12-9(6)13/h4-5H,2-3H2,1H3,(H,14,15). The third kappa shape index (κ3) is 1.78. The van der Waals surface area contributed by atoms with E-state index in [4.69, 9.17) is 5.11 Å². The van der Waals surface area contributed by atoms with Gasteiger partial charge in [-0.1, -0.05) is 0 Å². The van der Waals surface area contributed by atoms with Gasteiger partial charge >= 0.3 is 5.97 Å². The number of carbonyl (C=O) groups is 1. The second-order valence-corrected chi connectivity index (χ2v) is 3.10. The van der Waals surface area contributed by atoms with Crippen molar-refractivity contribution in [1.29, 1.82) is 0 Å². The molecule has 2 heterocycles. The fraction of sp³-hybridized carbons (Fsp3) is 0.333. The van der Waals surface area contributed by atoms with Crippen molar-refractivity contribution >= 4 is 17.1 Å². The average Bonchev–Trinajstić information content (AvgIpc) is 2.59. The molecule has 0 atom stereocenters. The van der Waals surface area contributed by atoms with Crippen molar-refractivity contribution in [2.45, 2.75) is 19.9 Å². The number of fused-ring (bicyclic) bond motifs is 1. The molecule has 0 unspecified atom stereocenters. The van der Waals surface area contributed by atoms with E-state index < -0.39 is 5.97 Å². The molecule has 2 aromatic heterocycles. The highest BCUT2D eigenvalue weighted by Gasteiger charge is 2.08. The van der Waals surface area contributed by atoms with Crippen LogP contribution in [0.5, 0.6) is 0 Å². The number of aromatic nitrogens is 4. The van der Waals surface area contributed by atoms with Crippen LogP contribution in [0.1, 0.15) is 12.7 Å². The highest BCUT2D eigenvalue weighted by atomic mass is 16.4. The third-order valence-electron chi connectivity index (χ3n) is 2.06. The van der Waals surface area contributed by atoms with E-state index in [1.54, 1.807) is 12.5 Å². The summed E-state index contributed by atoms with van der Waals surface area (Å²) in [5.41, 5.74) is 1.37. The summed E-state index contributed by atoms with van der Waals surface area (Å²) in [6, 6.07) is 0. The van der Waals surface area contributed by atoms with Gasteiger partial charge in [0, 0.05) is 6.54 Å². The number of aryl methyl sites for hydroxylation is 1. The normalized spacial score (nSPS) is 10.7. The largest absolute Gasteiger partial charge is 0.481 e. The molecule has 78 valence electrons. The highest BCUT2D eigenvalue weighted by molar-refractivity contribution is 5.72. The molecule has 0 saturated carbocycles. The summed E-state index contributed by atoms with van der Waals surface area (Å²) in [5.74, 6) is -0.623. The lowest BCUT2D eigenvalue weighted by Gasteiger charge is -1.99. The van der Waals surface area contributed by atoms with Gasteiger partial charge < -0.3 is 9.67 Å². The molecule has 0 radical (unpaired) electrons. The van der Waals surface area contributed by atoms with Gasteiger partial charge in [0.2, 0.25) is 0 Å². The summed E-state index contributed by atoms with van der Waals surface area (Å²) in [7, 11) is 0. The summed E-state index contributed by atoms with van der Waals surface area (Å²) in [5, 5.41) is 8.61. The van der Waals surface area contributed by atoms with Crippen LogP contribution in [0.25, 0.3) is 11.2 Å². The number of carboxylic acid groups (broad SMARTS) is 1. The van der Waals surface area contributed by atoms with Crippen LogP contribution in [0.3, 0.4) is 0 Å². The van der Waals surface area contributed by atoms with E-state index in [9.17, 15) is 4.79 Å². The second kappa shape index (κ2) is 3.64. The Kier molecular flexibility index (Phi) is 2.32. The van der Waals surface area contributed by atoms with Gasteiger partial charge in [-0.3, -0.25) is 4.79 Å². The van der Waals surface area contributed by atoms with Crippen LogP contribution in [-0.2, 0) is 17.8 Å². The van der Waals surface area contributed by atoms with Gasteiger partial charge in [0.1, 0.15) is 17.8 Å². The molecule has 2 aromatic rings. The van der Waals surface area contributed by atoms with Gasteiger partial charge in [0.05, 0.1) is 12.5 Å². The van der Waals surface area contributed by atoms with Gasteiger partial charge in [-0.2, -0.15) is 0 Å². The van der Waals surface area contributed by atoms with Crippen molar-refractivity contribution in [2.75, 3.05) is 0 Å². The molecular formula is C9H10N4O2. The van der Waals surface area contributed by atoms with Crippen LogP contribution in [-0.4, -0.2) is 30.6 Å². The van der Waals surface area contributed by atoms with Crippen LogP contribution in [0.2, 0.25) is 0 Å². The van der Waals surface area contributed by atoms with Crippen molar-refractivity contribution in [1.82, 2.24) is 19.5 Å². The van der Waals surface area contributed by atoms with Crippen molar-refractivity contribution in [2.24, 2.45) is 0 Å². The lowest BCUT2D eigenvalue weighted by Crippen LogP contribution is -2.05. The number of carboxylic acids is 1. The van der Waals surface area contributed by atoms with Gasteiger partial charge in [-0.05, 0) is 6.92 Å². The zero-order valence-corrected chi connectivity index (χ0v) is 8.21. The van der Waals surface area contributed by atoms with Gasteiger partial charge in [0.25, 0.3) is 0 Å². The van der Waals surface area contributed by atoms with Crippen LogP contribution < -0.4 is 0 Å². The molecule has 0 spiro atoms. The zero-order valence-electron chi connectivity index (χ0n) is 8.21. The molecule has 2 rings (SSSR count). The maximum absolute atomic E-state index is 10.5. The Morgan fingerprint density at radius 3 is 3.00 bits per heavy atom. The first-order chi connectivity index (χ1) is 7.20. The number of aliphatic carboxylic acids is 1. The van der Waals surface area contributed by atoms with Crippen molar-refractivity contribution in [3.8, 4) is 0 Å². The molecule has 0 bridgehead atoms. The van der Waals surface area contributed by atoms with E-state index in [2.05, 4.69) is 15.0 Å². The van der Waals surface area contributed by atoms with E-state index in [0.29, 0.717) is 17.0 Å². The predicted molar refractivity (Wildman–Crippen MR) is 52.3 cm³/mol. The van der Waals surface area contributed by atoms with E-state index in [0.717, 1.165) is 6.54 Å². The molecule has 0 aliphatic carbocycles. The van der Waals surface area contributed by atoms with Crippen LogP contribution >= 0.6 is 0 Å². The van der Waals surface area contributed by atoms with Crippen molar-refractivity contribution in [3.05, 3.63) is 18.3 Å². The fourth-order valence-corrected chi connectivity index (χ4v) is 1.34. The quantitative estimate of drug-likeness (QED) is 0.789. The minimum Gasteiger partial charge on any atom is -0.481 e. The predicted octanol–water partition coefficient (Wildman–Crippen LogP) is 0.473. The van der Waals surface area contributed by atoms with E-state index in [-0.39, 0.29) is 6.42 Å². The minimum atomic E-state index is -0.933. The lowest BCUT2D eigenvalue weighted by molar-refractivity contribution is -0.136. The molecular weight excluding hydrogens is 196 g/mol. The third-order valence-corrected chi connectivity index (χ3v) is 2.06. The molecule has 0 aromatic carbocycles. The molecule has 6 heteroatoms. The molecule has 0 aliphatic rings.